The molecular formula is C35H70O2. The molecule has 0 bridgehead atoms. The minimum atomic E-state index is 0.367. The first-order chi connectivity index (χ1) is 17.9. The average Bonchev–Trinajstić information content (AvgIpc) is 2.90. The first kappa shape index (κ1) is 38.5. The molecule has 0 fully saturated rings. The van der Waals surface area contributed by atoms with Gasteiger partial charge >= 0.3 is 0 Å². The summed E-state index contributed by atoms with van der Waals surface area (Å²) in [7, 11) is 0. The number of carbonyl (C=O) groups excluding carboxylic acids is 2. The monoisotopic (exact) mass is 523 g/mol. The van der Waals surface area contributed by atoms with E-state index in [1.165, 1.54) is 122 Å². The molecule has 0 heterocycles. The van der Waals surface area contributed by atoms with Crippen LogP contribution in [0.3, 0.4) is 0 Å². The molecule has 0 aromatic heterocycles. The van der Waals surface area contributed by atoms with Gasteiger partial charge in [0, 0.05) is 25.2 Å². The zero-order valence-electron chi connectivity index (χ0n) is 26.6. The molecule has 37 heavy (non-hydrogen) atoms. The summed E-state index contributed by atoms with van der Waals surface area (Å²) in [6.45, 7) is 13.0. The molecule has 222 valence electrons. The maximum Gasteiger partial charge on any atom is 0.135 e. The average molecular weight is 523 g/mol. The molecule has 2 heteroatoms. The van der Waals surface area contributed by atoms with Gasteiger partial charge in [0.05, 0.1) is 0 Å². The van der Waals surface area contributed by atoms with Gasteiger partial charge in [0.25, 0.3) is 0 Å². The van der Waals surface area contributed by atoms with Crippen molar-refractivity contribution in [1.29, 1.82) is 0 Å². The van der Waals surface area contributed by atoms with E-state index in [4.69, 9.17) is 0 Å². The normalized spacial score (nSPS) is 11.9. The Morgan fingerprint density at radius 1 is 0.459 bits per heavy atom. The van der Waals surface area contributed by atoms with Gasteiger partial charge < -0.3 is 0 Å². The van der Waals surface area contributed by atoms with Crippen molar-refractivity contribution in [3.63, 3.8) is 0 Å². The highest BCUT2D eigenvalue weighted by molar-refractivity contribution is 5.80. The lowest BCUT2D eigenvalue weighted by atomic mass is 9.90. The quantitative estimate of drug-likeness (QED) is 0.100. The maximum atomic E-state index is 11.7. The third-order valence-corrected chi connectivity index (χ3v) is 7.75. The second-order valence-electron chi connectivity index (χ2n) is 11.9. The van der Waals surface area contributed by atoms with E-state index in [9.17, 15) is 9.59 Å². The molecule has 0 aliphatic heterocycles. The second-order valence-corrected chi connectivity index (χ2v) is 11.9. The fourth-order valence-corrected chi connectivity index (χ4v) is 5.02. The molecule has 0 aromatic rings. The zero-order valence-corrected chi connectivity index (χ0v) is 26.6. The molecule has 0 N–H and O–H groups in total. The summed E-state index contributed by atoms with van der Waals surface area (Å²) < 4.78 is 0. The summed E-state index contributed by atoms with van der Waals surface area (Å²) in [5, 5.41) is 0. The predicted octanol–water partition coefficient (Wildman–Crippen LogP) is 12.2. The van der Waals surface area contributed by atoms with Crippen LogP contribution in [0.15, 0.2) is 0 Å². The van der Waals surface area contributed by atoms with Gasteiger partial charge in [-0.2, -0.15) is 0 Å². The maximum absolute atomic E-state index is 11.7. The lowest BCUT2D eigenvalue weighted by Crippen LogP contribution is -2.13. The number of hydrogen-bond donors (Lipinski definition) is 0. The van der Waals surface area contributed by atoms with Crippen LogP contribution in [-0.4, -0.2) is 11.6 Å². The van der Waals surface area contributed by atoms with Crippen LogP contribution in [0.4, 0.5) is 0 Å². The van der Waals surface area contributed by atoms with Gasteiger partial charge in [0.2, 0.25) is 0 Å². The minimum absolute atomic E-state index is 0.367. The molecular weight excluding hydrogens is 452 g/mol. The van der Waals surface area contributed by atoms with Crippen LogP contribution in [-0.2, 0) is 9.59 Å². The molecule has 2 nitrogen and oxygen atoms in total. The third kappa shape index (κ3) is 31.5. The van der Waals surface area contributed by atoms with Crippen LogP contribution < -0.4 is 0 Å². The van der Waals surface area contributed by atoms with Crippen LogP contribution in [0.1, 0.15) is 202 Å². The Morgan fingerprint density at radius 3 is 1.30 bits per heavy atom. The second kappa shape index (κ2) is 31.6. The number of Topliss-reactive ketones (excluding diaryl/α,β-unsaturated/α-hetero) is 2. The summed E-state index contributed by atoms with van der Waals surface area (Å²) in [6.07, 6.45) is 31.5. The van der Waals surface area contributed by atoms with Gasteiger partial charge in [0.1, 0.15) is 11.6 Å². The summed E-state index contributed by atoms with van der Waals surface area (Å²) in [5.41, 5.74) is 0. The highest BCUT2D eigenvalue weighted by atomic mass is 16.1. The van der Waals surface area contributed by atoms with Gasteiger partial charge in [-0.3, -0.25) is 9.59 Å². The van der Waals surface area contributed by atoms with E-state index >= 15 is 0 Å². The minimum Gasteiger partial charge on any atom is -0.300 e. The van der Waals surface area contributed by atoms with E-state index < -0.39 is 0 Å². The molecule has 0 aromatic carbocycles. The Labute approximate surface area is 234 Å². The topological polar surface area (TPSA) is 34.1 Å². The third-order valence-electron chi connectivity index (χ3n) is 7.75. The van der Waals surface area contributed by atoms with Crippen molar-refractivity contribution < 1.29 is 9.59 Å². The molecule has 0 amide bonds. The van der Waals surface area contributed by atoms with Crippen molar-refractivity contribution >= 4 is 11.6 Å². The highest BCUT2D eigenvalue weighted by Crippen LogP contribution is 2.19. The molecule has 0 saturated heterocycles. The fraction of sp³-hybridized carbons (Fsp3) is 0.943. The van der Waals surface area contributed by atoms with Gasteiger partial charge in [-0.15, -0.1) is 0 Å². The SMILES string of the molecule is CCC(=O)CCCCCCCCCCCCCCCC(C)C.CCCCCCC(CCCC)C(=O)CC. The lowest BCUT2D eigenvalue weighted by Gasteiger charge is -2.14. The van der Waals surface area contributed by atoms with E-state index in [-0.39, 0.29) is 0 Å². The summed E-state index contributed by atoms with van der Waals surface area (Å²) >= 11 is 0. The van der Waals surface area contributed by atoms with Crippen LogP contribution in [0.2, 0.25) is 0 Å². The largest absolute Gasteiger partial charge is 0.300 e. The van der Waals surface area contributed by atoms with Crippen LogP contribution in [0.5, 0.6) is 0 Å². The van der Waals surface area contributed by atoms with Crippen LogP contribution in [0, 0.1) is 11.8 Å². The summed E-state index contributed by atoms with van der Waals surface area (Å²) in [6, 6.07) is 0. The van der Waals surface area contributed by atoms with Gasteiger partial charge in [-0.25, -0.2) is 0 Å². The smallest absolute Gasteiger partial charge is 0.135 e. The molecule has 1 unspecified atom stereocenters. The number of carbonyl (C=O) groups is 2. The standard InChI is InChI=1S/C21H42O.C14H28O/c1-4-21(22)19-17-15-13-11-9-7-5-6-8-10-12-14-16-18-20(2)3;1-4-7-9-10-12-13(11-8-5-2)14(15)6-3/h20H,4-19H2,1-3H3;13H,4-12H2,1-3H3. The van der Waals surface area contributed by atoms with E-state index in [0.29, 0.717) is 17.5 Å². The first-order valence-corrected chi connectivity index (χ1v) is 17.0. The molecule has 0 aliphatic carbocycles. The number of rotatable bonds is 27. The van der Waals surface area contributed by atoms with Crippen molar-refractivity contribution in [3.05, 3.63) is 0 Å². The Bertz CT molecular complexity index is 468. The van der Waals surface area contributed by atoms with E-state index in [0.717, 1.165) is 44.4 Å². The van der Waals surface area contributed by atoms with Crippen molar-refractivity contribution in [3.8, 4) is 0 Å². The predicted molar refractivity (Wildman–Crippen MR) is 166 cm³/mol. The summed E-state index contributed by atoms with van der Waals surface area (Å²) in [4.78, 5) is 22.8. The van der Waals surface area contributed by atoms with Gasteiger partial charge in [-0.05, 0) is 25.2 Å². The van der Waals surface area contributed by atoms with Crippen molar-refractivity contribution in [2.75, 3.05) is 0 Å². The van der Waals surface area contributed by atoms with Crippen LogP contribution >= 0.6 is 0 Å². The number of hydrogen-bond acceptors (Lipinski definition) is 2. The van der Waals surface area contributed by atoms with Crippen molar-refractivity contribution in [1.82, 2.24) is 0 Å². The number of ketones is 2. The number of unbranched alkanes of at least 4 members (excludes halogenated alkanes) is 16. The van der Waals surface area contributed by atoms with Crippen LogP contribution in [0.25, 0.3) is 0 Å². The Kier molecular flexibility index (Phi) is 32.8. The Morgan fingerprint density at radius 2 is 0.865 bits per heavy atom. The first-order valence-electron chi connectivity index (χ1n) is 17.0. The summed E-state index contributed by atoms with van der Waals surface area (Å²) in [5.74, 6) is 2.17. The molecule has 0 spiro atoms. The van der Waals surface area contributed by atoms with E-state index in [2.05, 4.69) is 27.7 Å². The molecule has 1 atom stereocenters. The Balaban J connectivity index is 0. The van der Waals surface area contributed by atoms with E-state index in [1.807, 2.05) is 13.8 Å². The van der Waals surface area contributed by atoms with Crippen molar-refractivity contribution in [2.24, 2.45) is 11.8 Å². The molecule has 0 radical (unpaired) electrons. The highest BCUT2D eigenvalue weighted by Gasteiger charge is 2.15. The molecule has 0 aliphatic rings. The lowest BCUT2D eigenvalue weighted by molar-refractivity contribution is -0.123. The molecule has 0 saturated carbocycles. The fourth-order valence-electron chi connectivity index (χ4n) is 5.02. The zero-order chi connectivity index (χ0) is 28.0. The van der Waals surface area contributed by atoms with Crippen molar-refractivity contribution in [2.45, 2.75) is 202 Å². The van der Waals surface area contributed by atoms with Gasteiger partial charge in [0.15, 0.2) is 0 Å². The van der Waals surface area contributed by atoms with Gasteiger partial charge in [-0.1, -0.05) is 164 Å². The Hall–Kier alpha value is -0.660. The van der Waals surface area contributed by atoms with E-state index in [1.54, 1.807) is 0 Å². The molecule has 0 rings (SSSR count).